The molecule has 2 aromatic rings. The SMILES string of the molecule is Cc1nc(-c2ccc(CC(=O)N(C)C3CCCCCC3)cc2)cs1. The van der Waals surface area contributed by atoms with Gasteiger partial charge in [-0.15, -0.1) is 11.3 Å². The van der Waals surface area contributed by atoms with Crippen molar-refractivity contribution < 1.29 is 4.79 Å². The lowest BCUT2D eigenvalue weighted by Crippen LogP contribution is -2.37. The summed E-state index contributed by atoms with van der Waals surface area (Å²) in [4.78, 5) is 19.1. The molecule has 0 spiro atoms. The molecule has 0 saturated heterocycles. The van der Waals surface area contributed by atoms with Gasteiger partial charge in [0.05, 0.1) is 17.1 Å². The smallest absolute Gasteiger partial charge is 0.226 e. The molecule has 4 heteroatoms. The van der Waals surface area contributed by atoms with E-state index in [0.717, 1.165) is 34.7 Å². The molecule has 0 unspecified atom stereocenters. The van der Waals surface area contributed by atoms with Crippen LogP contribution in [-0.4, -0.2) is 28.9 Å². The predicted octanol–water partition coefficient (Wildman–Crippen LogP) is 4.84. The van der Waals surface area contributed by atoms with E-state index in [2.05, 4.69) is 34.6 Å². The summed E-state index contributed by atoms with van der Waals surface area (Å²) in [5.74, 6) is 0.235. The van der Waals surface area contributed by atoms with Crippen LogP contribution in [-0.2, 0) is 11.2 Å². The normalized spacial score (nSPS) is 15.9. The first kappa shape index (κ1) is 17.2. The third-order valence-corrected chi connectivity index (χ3v) is 5.76. The fourth-order valence-corrected chi connectivity index (χ4v) is 4.06. The molecule has 0 N–H and O–H groups in total. The van der Waals surface area contributed by atoms with Crippen LogP contribution in [0.15, 0.2) is 29.6 Å². The monoisotopic (exact) mass is 342 g/mol. The first-order valence-corrected chi connectivity index (χ1v) is 9.78. The maximum atomic E-state index is 12.6. The largest absolute Gasteiger partial charge is 0.342 e. The Bertz CT molecular complexity index is 669. The molecule has 3 rings (SSSR count). The summed E-state index contributed by atoms with van der Waals surface area (Å²) in [6.07, 6.45) is 7.94. The van der Waals surface area contributed by atoms with Gasteiger partial charge >= 0.3 is 0 Å². The zero-order valence-electron chi connectivity index (χ0n) is 14.6. The Morgan fingerprint density at radius 3 is 2.42 bits per heavy atom. The number of hydrogen-bond donors (Lipinski definition) is 0. The van der Waals surface area contributed by atoms with Gasteiger partial charge in [-0.25, -0.2) is 4.98 Å². The summed E-state index contributed by atoms with van der Waals surface area (Å²) in [5, 5.41) is 3.16. The molecule has 0 radical (unpaired) electrons. The number of aryl methyl sites for hydroxylation is 1. The van der Waals surface area contributed by atoms with Crippen molar-refractivity contribution >= 4 is 17.2 Å². The molecule has 1 aliphatic rings. The second kappa shape index (κ2) is 7.93. The summed E-state index contributed by atoms with van der Waals surface area (Å²) in [7, 11) is 1.98. The number of nitrogens with zero attached hydrogens (tertiary/aromatic N) is 2. The van der Waals surface area contributed by atoms with E-state index in [1.807, 2.05) is 18.9 Å². The van der Waals surface area contributed by atoms with Gasteiger partial charge < -0.3 is 4.90 Å². The Labute approximate surface area is 148 Å². The van der Waals surface area contributed by atoms with Crippen LogP contribution in [0.3, 0.4) is 0 Å². The molecule has 0 aliphatic heterocycles. The highest BCUT2D eigenvalue weighted by Gasteiger charge is 2.21. The summed E-state index contributed by atoms with van der Waals surface area (Å²) in [6, 6.07) is 8.69. The lowest BCUT2D eigenvalue weighted by molar-refractivity contribution is -0.131. The standard InChI is InChI=1S/C20H26N2OS/c1-15-21-19(14-24-15)17-11-9-16(10-12-17)13-20(23)22(2)18-7-5-3-4-6-8-18/h9-12,14,18H,3-8,13H2,1-2H3. The van der Waals surface area contributed by atoms with E-state index in [0.29, 0.717) is 12.5 Å². The van der Waals surface area contributed by atoms with Gasteiger partial charge in [0, 0.05) is 24.0 Å². The number of carbonyl (C=O) groups excluding carboxylic acids is 1. The van der Waals surface area contributed by atoms with Gasteiger partial charge in [0.15, 0.2) is 0 Å². The highest BCUT2D eigenvalue weighted by Crippen LogP contribution is 2.23. The fraction of sp³-hybridized carbons (Fsp3) is 0.500. The third-order valence-electron chi connectivity index (χ3n) is 4.99. The maximum absolute atomic E-state index is 12.6. The van der Waals surface area contributed by atoms with Crippen LogP contribution in [0.5, 0.6) is 0 Å². The zero-order chi connectivity index (χ0) is 16.9. The van der Waals surface area contributed by atoms with E-state index in [4.69, 9.17) is 0 Å². The Hall–Kier alpha value is -1.68. The number of aromatic nitrogens is 1. The predicted molar refractivity (Wildman–Crippen MR) is 100 cm³/mol. The van der Waals surface area contributed by atoms with Crippen LogP contribution in [0.4, 0.5) is 0 Å². The molecular formula is C20H26N2OS. The molecule has 24 heavy (non-hydrogen) atoms. The topological polar surface area (TPSA) is 33.2 Å². The number of rotatable bonds is 4. The van der Waals surface area contributed by atoms with Crippen molar-refractivity contribution in [1.82, 2.24) is 9.88 Å². The van der Waals surface area contributed by atoms with E-state index < -0.39 is 0 Å². The van der Waals surface area contributed by atoms with Gasteiger partial charge in [-0.2, -0.15) is 0 Å². The van der Waals surface area contributed by atoms with E-state index in [1.54, 1.807) is 11.3 Å². The van der Waals surface area contributed by atoms with Crippen molar-refractivity contribution in [3.63, 3.8) is 0 Å². The van der Waals surface area contributed by atoms with Crippen molar-refractivity contribution in [1.29, 1.82) is 0 Å². The molecule has 1 saturated carbocycles. The van der Waals surface area contributed by atoms with Crippen LogP contribution in [0, 0.1) is 6.92 Å². The van der Waals surface area contributed by atoms with Crippen molar-refractivity contribution in [2.75, 3.05) is 7.05 Å². The minimum absolute atomic E-state index is 0.235. The summed E-state index contributed by atoms with van der Waals surface area (Å²) >= 11 is 1.66. The van der Waals surface area contributed by atoms with Crippen molar-refractivity contribution in [3.8, 4) is 11.3 Å². The first-order chi connectivity index (χ1) is 11.6. The molecule has 1 aromatic carbocycles. The fourth-order valence-electron chi connectivity index (χ4n) is 3.44. The van der Waals surface area contributed by atoms with Gasteiger partial charge in [-0.1, -0.05) is 49.9 Å². The van der Waals surface area contributed by atoms with Crippen LogP contribution in [0.2, 0.25) is 0 Å². The number of hydrogen-bond acceptors (Lipinski definition) is 3. The summed E-state index contributed by atoms with van der Waals surface area (Å²) in [5.41, 5.74) is 3.22. The molecule has 3 nitrogen and oxygen atoms in total. The highest BCUT2D eigenvalue weighted by atomic mass is 32.1. The highest BCUT2D eigenvalue weighted by molar-refractivity contribution is 7.09. The molecule has 0 bridgehead atoms. The molecule has 1 amide bonds. The van der Waals surface area contributed by atoms with E-state index in [9.17, 15) is 4.79 Å². The number of benzene rings is 1. The van der Waals surface area contributed by atoms with Crippen LogP contribution in [0.1, 0.15) is 49.1 Å². The van der Waals surface area contributed by atoms with Crippen LogP contribution < -0.4 is 0 Å². The quantitative estimate of drug-likeness (QED) is 0.745. The van der Waals surface area contributed by atoms with Crippen LogP contribution in [0.25, 0.3) is 11.3 Å². The number of carbonyl (C=O) groups is 1. The van der Waals surface area contributed by atoms with Gasteiger partial charge in [0.2, 0.25) is 5.91 Å². The first-order valence-electron chi connectivity index (χ1n) is 8.90. The summed E-state index contributed by atoms with van der Waals surface area (Å²) < 4.78 is 0. The minimum atomic E-state index is 0.235. The Morgan fingerprint density at radius 1 is 1.17 bits per heavy atom. The number of amides is 1. The Kier molecular flexibility index (Phi) is 5.67. The van der Waals surface area contributed by atoms with Gasteiger partial charge in [-0.3, -0.25) is 4.79 Å². The average molecular weight is 343 g/mol. The Morgan fingerprint density at radius 2 is 1.83 bits per heavy atom. The van der Waals surface area contributed by atoms with Crippen molar-refractivity contribution in [2.45, 2.75) is 57.9 Å². The Balaban J connectivity index is 1.61. The van der Waals surface area contributed by atoms with Gasteiger partial charge in [0.1, 0.15) is 0 Å². The lowest BCUT2D eigenvalue weighted by Gasteiger charge is -2.27. The molecule has 1 aromatic heterocycles. The number of thiazole rings is 1. The molecule has 1 aliphatic carbocycles. The molecular weight excluding hydrogens is 316 g/mol. The third kappa shape index (κ3) is 4.23. The molecule has 128 valence electrons. The van der Waals surface area contributed by atoms with Crippen molar-refractivity contribution in [3.05, 3.63) is 40.2 Å². The van der Waals surface area contributed by atoms with Crippen molar-refractivity contribution in [2.24, 2.45) is 0 Å². The lowest BCUT2D eigenvalue weighted by atomic mass is 10.0. The summed E-state index contributed by atoms with van der Waals surface area (Å²) in [6.45, 7) is 2.02. The van der Waals surface area contributed by atoms with Gasteiger partial charge in [0.25, 0.3) is 0 Å². The van der Waals surface area contributed by atoms with E-state index in [-0.39, 0.29) is 5.91 Å². The number of likely N-dealkylation sites (N-methyl/N-ethyl adjacent to an activating group) is 1. The zero-order valence-corrected chi connectivity index (χ0v) is 15.4. The van der Waals surface area contributed by atoms with E-state index >= 15 is 0 Å². The molecule has 0 atom stereocenters. The van der Waals surface area contributed by atoms with Crippen LogP contribution >= 0.6 is 11.3 Å². The maximum Gasteiger partial charge on any atom is 0.226 e. The minimum Gasteiger partial charge on any atom is -0.342 e. The average Bonchev–Trinajstić information content (AvgIpc) is 2.85. The second-order valence-corrected chi connectivity index (χ2v) is 7.84. The van der Waals surface area contributed by atoms with Gasteiger partial charge in [-0.05, 0) is 25.3 Å². The molecule has 1 heterocycles. The van der Waals surface area contributed by atoms with E-state index in [1.165, 1.54) is 25.7 Å². The second-order valence-electron chi connectivity index (χ2n) is 6.78. The molecule has 1 fully saturated rings.